The van der Waals surface area contributed by atoms with Crippen molar-refractivity contribution < 1.29 is 12.8 Å². The van der Waals surface area contributed by atoms with E-state index in [1.165, 1.54) is 18.2 Å². The summed E-state index contributed by atoms with van der Waals surface area (Å²) in [4.78, 5) is -0.0738. The van der Waals surface area contributed by atoms with Gasteiger partial charge in [-0.1, -0.05) is 36.4 Å². The first kappa shape index (κ1) is 13.7. The minimum Gasteiger partial charge on any atom is -0.207 e. The van der Waals surface area contributed by atoms with Crippen molar-refractivity contribution in [2.45, 2.75) is 17.9 Å². The predicted octanol–water partition coefficient (Wildman–Crippen LogP) is 2.87. The van der Waals surface area contributed by atoms with Crippen molar-refractivity contribution in [3.8, 4) is 0 Å². The van der Waals surface area contributed by atoms with Gasteiger partial charge < -0.3 is 0 Å². The minimum absolute atomic E-state index is 0.0738. The van der Waals surface area contributed by atoms with E-state index in [1.54, 1.807) is 6.92 Å². The topological polar surface area (TPSA) is 46.2 Å². The van der Waals surface area contributed by atoms with Crippen LogP contribution >= 0.6 is 0 Å². The van der Waals surface area contributed by atoms with Gasteiger partial charge in [0, 0.05) is 6.04 Å². The summed E-state index contributed by atoms with van der Waals surface area (Å²) in [6.07, 6.45) is 0. The lowest BCUT2D eigenvalue weighted by Gasteiger charge is -2.14. The molecule has 100 valence electrons. The quantitative estimate of drug-likeness (QED) is 0.935. The summed E-state index contributed by atoms with van der Waals surface area (Å²) >= 11 is 0. The Kier molecular flexibility index (Phi) is 3.97. The first-order chi connectivity index (χ1) is 8.99. The number of halogens is 1. The molecular weight excluding hydrogens is 265 g/mol. The Bertz CT molecular complexity index is 656. The van der Waals surface area contributed by atoms with Gasteiger partial charge in [0.05, 0.1) is 4.90 Å². The van der Waals surface area contributed by atoms with Gasteiger partial charge in [-0.15, -0.1) is 0 Å². The molecule has 0 spiro atoms. The van der Waals surface area contributed by atoms with Crippen molar-refractivity contribution in [3.63, 3.8) is 0 Å². The van der Waals surface area contributed by atoms with Gasteiger partial charge in [0.25, 0.3) is 0 Å². The molecule has 0 bridgehead atoms. The Balaban J connectivity index is 2.23. The van der Waals surface area contributed by atoms with E-state index in [4.69, 9.17) is 0 Å². The maximum atomic E-state index is 13.1. The molecule has 2 aromatic carbocycles. The van der Waals surface area contributed by atoms with Gasteiger partial charge in [-0.3, -0.25) is 0 Å². The Morgan fingerprint density at radius 3 is 2.37 bits per heavy atom. The second-order valence-corrected chi connectivity index (χ2v) is 5.93. The van der Waals surface area contributed by atoms with Crippen LogP contribution in [-0.4, -0.2) is 8.42 Å². The molecular formula is C14H14FNO2S. The Morgan fingerprint density at radius 1 is 1.05 bits per heavy atom. The van der Waals surface area contributed by atoms with E-state index in [1.807, 2.05) is 30.3 Å². The highest BCUT2D eigenvalue weighted by molar-refractivity contribution is 7.89. The van der Waals surface area contributed by atoms with Gasteiger partial charge in [0.1, 0.15) is 5.82 Å². The molecule has 0 saturated heterocycles. The third-order valence-corrected chi connectivity index (χ3v) is 4.28. The van der Waals surface area contributed by atoms with Crippen LogP contribution in [0, 0.1) is 5.82 Å². The van der Waals surface area contributed by atoms with Crippen LogP contribution in [0.15, 0.2) is 59.5 Å². The summed E-state index contributed by atoms with van der Waals surface area (Å²) in [5.74, 6) is -0.574. The van der Waals surface area contributed by atoms with Gasteiger partial charge in [-0.05, 0) is 30.7 Å². The van der Waals surface area contributed by atoms with E-state index in [0.717, 1.165) is 11.6 Å². The van der Waals surface area contributed by atoms with E-state index in [2.05, 4.69) is 4.72 Å². The van der Waals surface area contributed by atoms with Gasteiger partial charge >= 0.3 is 0 Å². The van der Waals surface area contributed by atoms with Crippen LogP contribution in [0.4, 0.5) is 4.39 Å². The van der Waals surface area contributed by atoms with Crippen LogP contribution in [0.1, 0.15) is 18.5 Å². The van der Waals surface area contributed by atoms with Gasteiger partial charge in [0.15, 0.2) is 0 Å². The number of hydrogen-bond donors (Lipinski definition) is 1. The van der Waals surface area contributed by atoms with E-state index >= 15 is 0 Å². The maximum absolute atomic E-state index is 13.1. The molecule has 0 heterocycles. The van der Waals surface area contributed by atoms with Crippen molar-refractivity contribution in [3.05, 3.63) is 66.0 Å². The predicted molar refractivity (Wildman–Crippen MR) is 71.6 cm³/mol. The number of rotatable bonds is 4. The van der Waals surface area contributed by atoms with Crippen molar-refractivity contribution >= 4 is 10.0 Å². The molecule has 2 aromatic rings. The van der Waals surface area contributed by atoms with E-state index < -0.39 is 15.8 Å². The maximum Gasteiger partial charge on any atom is 0.241 e. The molecule has 0 aliphatic rings. The molecule has 0 fully saturated rings. The normalized spacial score (nSPS) is 13.2. The summed E-state index contributed by atoms with van der Waals surface area (Å²) < 4.78 is 39.8. The number of benzene rings is 2. The standard InChI is InChI=1S/C14H14FNO2S/c1-11(12-6-3-2-4-7-12)16-19(17,18)14-9-5-8-13(15)10-14/h2-11,16H,1H3/t11-/m1/s1. The fraction of sp³-hybridized carbons (Fsp3) is 0.143. The summed E-state index contributed by atoms with van der Waals surface area (Å²) in [5.41, 5.74) is 0.850. The largest absolute Gasteiger partial charge is 0.241 e. The average Bonchev–Trinajstić information content (AvgIpc) is 2.39. The number of nitrogens with one attached hydrogen (secondary N) is 1. The molecule has 2 rings (SSSR count). The highest BCUT2D eigenvalue weighted by Crippen LogP contribution is 2.17. The van der Waals surface area contributed by atoms with Crippen LogP contribution in [0.3, 0.4) is 0 Å². The van der Waals surface area contributed by atoms with Crippen LogP contribution < -0.4 is 4.72 Å². The molecule has 0 aliphatic carbocycles. The lowest BCUT2D eigenvalue weighted by molar-refractivity contribution is 0.564. The third kappa shape index (κ3) is 3.39. The Hall–Kier alpha value is -1.72. The molecule has 0 unspecified atom stereocenters. The molecule has 0 amide bonds. The van der Waals surface area contributed by atoms with Crippen LogP contribution in [0.5, 0.6) is 0 Å². The molecule has 5 heteroatoms. The Labute approximate surface area is 112 Å². The van der Waals surface area contributed by atoms with E-state index in [-0.39, 0.29) is 10.9 Å². The van der Waals surface area contributed by atoms with Gasteiger partial charge in [0.2, 0.25) is 10.0 Å². The van der Waals surface area contributed by atoms with Crippen LogP contribution in [-0.2, 0) is 10.0 Å². The van der Waals surface area contributed by atoms with Gasteiger partial charge in [-0.25, -0.2) is 17.5 Å². The van der Waals surface area contributed by atoms with Crippen LogP contribution in [0.25, 0.3) is 0 Å². The molecule has 1 atom stereocenters. The lowest BCUT2D eigenvalue weighted by Crippen LogP contribution is -2.26. The van der Waals surface area contributed by atoms with E-state index in [9.17, 15) is 12.8 Å². The summed E-state index contributed by atoms with van der Waals surface area (Å²) in [6.45, 7) is 1.74. The molecule has 0 radical (unpaired) electrons. The summed E-state index contributed by atoms with van der Waals surface area (Å²) in [6, 6.07) is 13.8. The third-order valence-electron chi connectivity index (χ3n) is 2.74. The summed E-state index contributed by atoms with van der Waals surface area (Å²) in [5, 5.41) is 0. The fourth-order valence-corrected chi connectivity index (χ4v) is 3.01. The van der Waals surface area contributed by atoms with Crippen molar-refractivity contribution in [2.24, 2.45) is 0 Å². The van der Waals surface area contributed by atoms with Crippen molar-refractivity contribution in [2.75, 3.05) is 0 Å². The molecule has 3 nitrogen and oxygen atoms in total. The van der Waals surface area contributed by atoms with Gasteiger partial charge in [-0.2, -0.15) is 0 Å². The average molecular weight is 279 g/mol. The highest BCUT2D eigenvalue weighted by atomic mass is 32.2. The molecule has 1 N–H and O–H groups in total. The highest BCUT2D eigenvalue weighted by Gasteiger charge is 2.18. The second-order valence-electron chi connectivity index (χ2n) is 4.21. The molecule has 0 saturated carbocycles. The monoisotopic (exact) mass is 279 g/mol. The zero-order chi connectivity index (χ0) is 13.9. The fourth-order valence-electron chi connectivity index (χ4n) is 1.74. The van der Waals surface area contributed by atoms with Crippen molar-refractivity contribution in [1.29, 1.82) is 0 Å². The number of sulfonamides is 1. The zero-order valence-electron chi connectivity index (χ0n) is 10.4. The zero-order valence-corrected chi connectivity index (χ0v) is 11.2. The molecule has 19 heavy (non-hydrogen) atoms. The number of hydrogen-bond acceptors (Lipinski definition) is 2. The van der Waals surface area contributed by atoms with E-state index in [0.29, 0.717) is 0 Å². The molecule has 0 aromatic heterocycles. The lowest BCUT2D eigenvalue weighted by atomic mass is 10.1. The smallest absolute Gasteiger partial charge is 0.207 e. The first-order valence-corrected chi connectivity index (χ1v) is 7.30. The Morgan fingerprint density at radius 2 is 1.74 bits per heavy atom. The SMILES string of the molecule is C[C@@H](NS(=O)(=O)c1cccc(F)c1)c1ccccc1. The summed E-state index contributed by atoms with van der Waals surface area (Å²) in [7, 11) is -3.72. The first-order valence-electron chi connectivity index (χ1n) is 5.82. The molecule has 0 aliphatic heterocycles. The van der Waals surface area contributed by atoms with Crippen molar-refractivity contribution in [1.82, 2.24) is 4.72 Å². The minimum atomic E-state index is -3.72. The van der Waals surface area contributed by atoms with Crippen LogP contribution in [0.2, 0.25) is 0 Å². The second kappa shape index (κ2) is 5.50.